The predicted octanol–water partition coefficient (Wildman–Crippen LogP) is -0.691. The summed E-state index contributed by atoms with van der Waals surface area (Å²) in [6.45, 7) is 1.88. The fourth-order valence-electron chi connectivity index (χ4n) is 1.04. The Morgan fingerprint density at radius 1 is 1.54 bits per heavy atom. The predicted molar refractivity (Wildman–Crippen MR) is 47.4 cm³/mol. The van der Waals surface area contributed by atoms with Crippen molar-refractivity contribution in [2.75, 3.05) is 12.4 Å². The molecule has 0 amide bonds. The normalized spacial score (nSPS) is 10.0. The fraction of sp³-hybridized carbons (Fsp3) is 0.429. The van der Waals surface area contributed by atoms with Gasteiger partial charge in [0.15, 0.2) is 0 Å². The number of anilines is 1. The summed E-state index contributed by atoms with van der Waals surface area (Å²) < 4.78 is 1.32. The van der Waals surface area contributed by atoms with E-state index in [1.807, 2.05) is 0 Å². The molecule has 0 aliphatic rings. The van der Waals surface area contributed by atoms with Crippen LogP contribution in [0.4, 0.5) is 5.69 Å². The van der Waals surface area contributed by atoms with E-state index in [1.165, 1.54) is 0 Å². The zero-order valence-electron chi connectivity index (χ0n) is 7.44. The molecule has 0 atom stereocenters. The van der Waals surface area contributed by atoms with E-state index < -0.39 is 11.2 Å². The van der Waals surface area contributed by atoms with Gasteiger partial charge < -0.3 is 10.5 Å². The summed E-state index contributed by atoms with van der Waals surface area (Å²) in [5, 5.41) is 11.7. The van der Waals surface area contributed by atoms with E-state index in [1.54, 1.807) is 14.0 Å². The van der Waals surface area contributed by atoms with Crippen molar-refractivity contribution >= 4 is 5.69 Å². The highest BCUT2D eigenvalue weighted by atomic mass is 16.5. The minimum atomic E-state index is -0.730. The van der Waals surface area contributed by atoms with E-state index in [0.29, 0.717) is 4.73 Å². The number of rotatable bonds is 2. The van der Waals surface area contributed by atoms with Crippen LogP contribution in [0.2, 0.25) is 0 Å². The van der Waals surface area contributed by atoms with Crippen LogP contribution >= 0.6 is 0 Å². The summed E-state index contributed by atoms with van der Waals surface area (Å²) in [5.41, 5.74) is -0.976. The van der Waals surface area contributed by atoms with Gasteiger partial charge in [0.2, 0.25) is 0 Å². The van der Waals surface area contributed by atoms with Crippen molar-refractivity contribution in [2.45, 2.75) is 13.5 Å². The Balaban J connectivity index is 3.58. The third-order valence-corrected chi connectivity index (χ3v) is 1.74. The average molecular weight is 185 g/mol. The molecule has 1 rings (SSSR count). The molecule has 13 heavy (non-hydrogen) atoms. The summed E-state index contributed by atoms with van der Waals surface area (Å²) >= 11 is 0. The highest BCUT2D eigenvalue weighted by Gasteiger charge is 2.07. The molecule has 0 radical (unpaired) electrons. The molecule has 6 nitrogen and oxygen atoms in total. The molecule has 0 saturated carbocycles. The molecule has 0 bridgehead atoms. The average Bonchev–Trinajstić information content (AvgIpc) is 2.12. The largest absolute Gasteiger partial charge is 0.424 e. The summed E-state index contributed by atoms with van der Waals surface area (Å²) in [4.78, 5) is 22.5. The minimum absolute atomic E-state index is 0.184. The molecule has 1 aromatic heterocycles. The lowest BCUT2D eigenvalue weighted by Gasteiger charge is -2.05. The molecule has 1 aromatic rings. The first kappa shape index (κ1) is 9.37. The molecular weight excluding hydrogens is 174 g/mol. The standard InChI is InChI=1S/C7H11N3O3/c1-3-9-6(11)5(8-2)4-10(13)7(9)12/h4,8,13H,3H2,1-2H3. The van der Waals surface area contributed by atoms with Gasteiger partial charge in [0.1, 0.15) is 5.69 Å². The first-order chi connectivity index (χ1) is 6.11. The highest BCUT2D eigenvalue weighted by molar-refractivity contribution is 5.36. The maximum atomic E-state index is 11.4. The summed E-state index contributed by atoms with van der Waals surface area (Å²) in [6.07, 6.45) is 1.05. The summed E-state index contributed by atoms with van der Waals surface area (Å²) in [7, 11) is 1.54. The maximum Gasteiger partial charge on any atom is 0.363 e. The molecule has 2 N–H and O–H groups in total. The second kappa shape index (κ2) is 3.34. The first-order valence-corrected chi connectivity index (χ1v) is 3.85. The second-order valence-electron chi connectivity index (χ2n) is 2.47. The van der Waals surface area contributed by atoms with Gasteiger partial charge in [0.05, 0.1) is 6.20 Å². The number of hydrogen-bond acceptors (Lipinski definition) is 4. The minimum Gasteiger partial charge on any atom is -0.424 e. The lowest BCUT2D eigenvalue weighted by atomic mass is 10.5. The molecule has 0 fully saturated rings. The van der Waals surface area contributed by atoms with Crippen molar-refractivity contribution in [3.05, 3.63) is 27.0 Å². The van der Waals surface area contributed by atoms with Gasteiger partial charge in [-0.15, -0.1) is 4.73 Å². The second-order valence-corrected chi connectivity index (χ2v) is 2.47. The van der Waals surface area contributed by atoms with Crippen molar-refractivity contribution in [2.24, 2.45) is 0 Å². The zero-order valence-corrected chi connectivity index (χ0v) is 7.44. The van der Waals surface area contributed by atoms with Crippen LogP contribution in [0.3, 0.4) is 0 Å². The Labute approximate surface area is 74.0 Å². The quantitative estimate of drug-likeness (QED) is 0.598. The van der Waals surface area contributed by atoms with E-state index in [0.717, 1.165) is 10.8 Å². The van der Waals surface area contributed by atoms with Crippen LogP contribution in [0.5, 0.6) is 0 Å². The molecule has 6 heteroatoms. The van der Waals surface area contributed by atoms with Gasteiger partial charge in [-0.1, -0.05) is 0 Å². The Hall–Kier alpha value is -1.72. The van der Waals surface area contributed by atoms with Crippen molar-refractivity contribution < 1.29 is 5.21 Å². The van der Waals surface area contributed by atoms with Gasteiger partial charge in [-0.05, 0) is 6.92 Å². The zero-order chi connectivity index (χ0) is 10.0. The van der Waals surface area contributed by atoms with Crippen LogP contribution in [-0.2, 0) is 6.54 Å². The number of hydrogen-bond donors (Lipinski definition) is 2. The molecule has 0 aliphatic carbocycles. The molecule has 1 heterocycles. The number of aromatic nitrogens is 2. The van der Waals surface area contributed by atoms with Crippen molar-refractivity contribution in [1.29, 1.82) is 0 Å². The highest BCUT2D eigenvalue weighted by Crippen LogP contribution is 1.91. The van der Waals surface area contributed by atoms with Crippen LogP contribution in [0.1, 0.15) is 6.92 Å². The Bertz CT molecular complexity index is 418. The molecule has 0 saturated heterocycles. The van der Waals surface area contributed by atoms with E-state index in [-0.39, 0.29) is 12.2 Å². The van der Waals surface area contributed by atoms with Gasteiger partial charge in [-0.3, -0.25) is 9.36 Å². The smallest absolute Gasteiger partial charge is 0.363 e. The number of nitrogens with zero attached hydrogens (tertiary/aromatic N) is 2. The SMILES string of the molecule is CCn1c(=O)c(NC)cn(O)c1=O. The van der Waals surface area contributed by atoms with Crippen LogP contribution < -0.4 is 16.6 Å². The lowest BCUT2D eigenvalue weighted by molar-refractivity contribution is 0.164. The van der Waals surface area contributed by atoms with E-state index in [9.17, 15) is 9.59 Å². The lowest BCUT2D eigenvalue weighted by Crippen LogP contribution is -2.39. The summed E-state index contributed by atoms with van der Waals surface area (Å²) in [6, 6.07) is 0. The van der Waals surface area contributed by atoms with Crippen LogP contribution in [0.25, 0.3) is 0 Å². The molecular formula is C7H11N3O3. The maximum absolute atomic E-state index is 11.4. The van der Waals surface area contributed by atoms with Crippen molar-refractivity contribution in [3.63, 3.8) is 0 Å². The van der Waals surface area contributed by atoms with Crippen LogP contribution in [-0.4, -0.2) is 21.6 Å². The molecule has 0 aromatic carbocycles. The Morgan fingerprint density at radius 2 is 2.15 bits per heavy atom. The Morgan fingerprint density at radius 3 is 2.62 bits per heavy atom. The monoisotopic (exact) mass is 185 g/mol. The third-order valence-electron chi connectivity index (χ3n) is 1.74. The van der Waals surface area contributed by atoms with E-state index in [4.69, 9.17) is 5.21 Å². The molecule has 0 spiro atoms. The molecule has 0 unspecified atom stereocenters. The number of nitrogens with one attached hydrogen (secondary N) is 1. The van der Waals surface area contributed by atoms with Crippen molar-refractivity contribution in [3.8, 4) is 0 Å². The summed E-state index contributed by atoms with van der Waals surface area (Å²) in [5.74, 6) is 0. The van der Waals surface area contributed by atoms with Gasteiger partial charge in [0.25, 0.3) is 5.56 Å². The fourth-order valence-corrected chi connectivity index (χ4v) is 1.04. The van der Waals surface area contributed by atoms with Gasteiger partial charge in [0, 0.05) is 13.6 Å². The van der Waals surface area contributed by atoms with Crippen LogP contribution in [0.15, 0.2) is 15.8 Å². The van der Waals surface area contributed by atoms with Gasteiger partial charge >= 0.3 is 5.69 Å². The first-order valence-electron chi connectivity index (χ1n) is 3.85. The van der Waals surface area contributed by atoms with Gasteiger partial charge in [-0.25, -0.2) is 4.79 Å². The van der Waals surface area contributed by atoms with Crippen LogP contribution in [0, 0.1) is 0 Å². The molecule has 72 valence electrons. The topological polar surface area (TPSA) is 76.3 Å². The Kier molecular flexibility index (Phi) is 2.41. The van der Waals surface area contributed by atoms with E-state index >= 15 is 0 Å². The van der Waals surface area contributed by atoms with Gasteiger partial charge in [-0.2, -0.15) is 0 Å². The third kappa shape index (κ3) is 1.42. The van der Waals surface area contributed by atoms with E-state index in [2.05, 4.69) is 5.32 Å². The molecule has 0 aliphatic heterocycles. The van der Waals surface area contributed by atoms with Crippen molar-refractivity contribution in [1.82, 2.24) is 9.30 Å².